The van der Waals surface area contributed by atoms with Crippen LogP contribution < -0.4 is 0 Å². The number of Topliss-reactive ketones (excluding diaryl/α,β-unsaturated/α-hetero) is 1. The summed E-state index contributed by atoms with van der Waals surface area (Å²) in [7, 11) is -2.58. The van der Waals surface area contributed by atoms with Gasteiger partial charge >= 0.3 is 5.97 Å². The molecule has 0 amide bonds. The maximum absolute atomic E-state index is 12.9. The highest BCUT2D eigenvalue weighted by molar-refractivity contribution is 7.89. The number of benzene rings is 2. The standard InChI is InChI=1S/C20H20ClNO5S/c1-27-20(24)16-7-8-18(17(21)13-16)28(25,26)22-11-9-15(10-12-22)19(23)14-5-3-2-4-6-14/h2-8,13,15H,9-12H2,1H3. The summed E-state index contributed by atoms with van der Waals surface area (Å²) < 4.78 is 31.8. The Morgan fingerprint density at radius 3 is 2.25 bits per heavy atom. The van der Waals surface area contributed by atoms with Crippen LogP contribution in [0.1, 0.15) is 33.6 Å². The van der Waals surface area contributed by atoms with Crippen molar-refractivity contribution in [2.24, 2.45) is 5.92 Å². The van der Waals surface area contributed by atoms with E-state index in [1.54, 1.807) is 12.1 Å². The molecule has 0 spiro atoms. The first kappa shape index (κ1) is 20.5. The Hall–Kier alpha value is -2.22. The van der Waals surface area contributed by atoms with Crippen LogP contribution in [0, 0.1) is 5.92 Å². The molecular weight excluding hydrogens is 402 g/mol. The van der Waals surface area contributed by atoms with E-state index < -0.39 is 16.0 Å². The second-order valence-corrected chi connectivity index (χ2v) is 8.86. The van der Waals surface area contributed by atoms with Crippen LogP contribution in [0.5, 0.6) is 0 Å². The van der Waals surface area contributed by atoms with E-state index in [1.807, 2.05) is 18.2 Å². The zero-order valence-electron chi connectivity index (χ0n) is 15.3. The molecule has 2 aromatic rings. The van der Waals surface area contributed by atoms with Gasteiger partial charge in [-0.05, 0) is 31.0 Å². The summed E-state index contributed by atoms with van der Waals surface area (Å²) in [5.41, 5.74) is 0.823. The van der Waals surface area contributed by atoms with Crippen molar-refractivity contribution in [1.82, 2.24) is 4.31 Å². The number of methoxy groups -OCH3 is 1. The Morgan fingerprint density at radius 2 is 1.68 bits per heavy atom. The molecule has 8 heteroatoms. The predicted molar refractivity (Wildman–Crippen MR) is 105 cm³/mol. The first-order chi connectivity index (χ1) is 13.3. The summed E-state index contributed by atoms with van der Waals surface area (Å²) in [6.07, 6.45) is 0.898. The zero-order valence-corrected chi connectivity index (χ0v) is 16.9. The lowest BCUT2D eigenvalue weighted by Gasteiger charge is -2.30. The molecule has 1 aliphatic heterocycles. The minimum absolute atomic E-state index is 0.0367. The third-order valence-electron chi connectivity index (χ3n) is 4.85. The molecule has 0 N–H and O–H groups in total. The van der Waals surface area contributed by atoms with Gasteiger partial charge in [0.1, 0.15) is 4.90 Å². The fourth-order valence-corrected chi connectivity index (χ4v) is 5.28. The highest BCUT2D eigenvalue weighted by Crippen LogP contribution is 2.30. The van der Waals surface area contributed by atoms with E-state index in [0.29, 0.717) is 18.4 Å². The fraction of sp³-hybridized carbons (Fsp3) is 0.300. The molecule has 1 aliphatic rings. The average molecular weight is 422 g/mol. The number of sulfonamides is 1. The minimum Gasteiger partial charge on any atom is -0.465 e. The predicted octanol–water partition coefficient (Wildman–Crippen LogP) is 3.41. The van der Waals surface area contributed by atoms with Crippen LogP contribution in [-0.2, 0) is 14.8 Å². The van der Waals surface area contributed by atoms with Crippen molar-refractivity contribution in [1.29, 1.82) is 0 Å². The molecule has 0 radical (unpaired) electrons. The van der Waals surface area contributed by atoms with Gasteiger partial charge in [0.15, 0.2) is 5.78 Å². The van der Waals surface area contributed by atoms with E-state index in [9.17, 15) is 18.0 Å². The van der Waals surface area contributed by atoms with Gasteiger partial charge in [0.25, 0.3) is 0 Å². The first-order valence-corrected chi connectivity index (χ1v) is 10.6. The molecule has 148 valence electrons. The van der Waals surface area contributed by atoms with Crippen molar-refractivity contribution in [3.63, 3.8) is 0 Å². The Kier molecular flexibility index (Phi) is 6.17. The number of ketones is 1. The number of piperidine rings is 1. The largest absolute Gasteiger partial charge is 0.465 e. The van der Waals surface area contributed by atoms with E-state index in [-0.39, 0.29) is 40.3 Å². The van der Waals surface area contributed by atoms with E-state index in [4.69, 9.17) is 11.6 Å². The van der Waals surface area contributed by atoms with Crippen molar-refractivity contribution in [2.75, 3.05) is 20.2 Å². The number of carbonyl (C=O) groups is 2. The van der Waals surface area contributed by atoms with Gasteiger partial charge in [-0.15, -0.1) is 0 Å². The summed E-state index contributed by atoms with van der Waals surface area (Å²) in [5.74, 6) is -0.754. The lowest BCUT2D eigenvalue weighted by atomic mass is 9.90. The van der Waals surface area contributed by atoms with Gasteiger partial charge in [-0.1, -0.05) is 41.9 Å². The van der Waals surface area contributed by atoms with Crippen LogP contribution in [0.3, 0.4) is 0 Å². The van der Waals surface area contributed by atoms with Crippen LogP contribution in [0.4, 0.5) is 0 Å². The smallest absolute Gasteiger partial charge is 0.337 e. The molecule has 2 aromatic carbocycles. The third kappa shape index (κ3) is 4.11. The molecule has 3 rings (SSSR count). The van der Waals surface area contributed by atoms with E-state index in [0.717, 1.165) is 0 Å². The molecule has 6 nitrogen and oxygen atoms in total. The molecule has 0 bridgehead atoms. The average Bonchev–Trinajstić information content (AvgIpc) is 2.73. The monoisotopic (exact) mass is 421 g/mol. The molecule has 28 heavy (non-hydrogen) atoms. The van der Waals surface area contributed by atoms with Crippen LogP contribution in [-0.4, -0.2) is 44.7 Å². The Bertz CT molecular complexity index is 983. The topological polar surface area (TPSA) is 80.8 Å². The molecule has 0 atom stereocenters. The first-order valence-electron chi connectivity index (χ1n) is 8.82. The molecular formula is C20H20ClNO5S. The van der Waals surface area contributed by atoms with Gasteiger partial charge in [0, 0.05) is 24.6 Å². The number of ether oxygens (including phenoxy) is 1. The van der Waals surface area contributed by atoms with Crippen LogP contribution in [0.2, 0.25) is 5.02 Å². The summed E-state index contributed by atoms with van der Waals surface area (Å²) >= 11 is 6.13. The van der Waals surface area contributed by atoms with Gasteiger partial charge < -0.3 is 4.74 Å². The highest BCUT2D eigenvalue weighted by Gasteiger charge is 2.33. The highest BCUT2D eigenvalue weighted by atomic mass is 35.5. The van der Waals surface area contributed by atoms with Crippen molar-refractivity contribution in [2.45, 2.75) is 17.7 Å². The summed E-state index contributed by atoms with van der Waals surface area (Å²) in [6, 6.07) is 13.0. The molecule has 0 saturated carbocycles. The molecule has 0 aromatic heterocycles. The van der Waals surface area contributed by atoms with Gasteiger partial charge in [-0.3, -0.25) is 4.79 Å². The summed E-state index contributed by atoms with van der Waals surface area (Å²) in [6.45, 7) is 0.474. The molecule has 1 fully saturated rings. The molecule has 1 saturated heterocycles. The van der Waals surface area contributed by atoms with Gasteiger partial charge in [0.05, 0.1) is 17.7 Å². The van der Waals surface area contributed by atoms with E-state index in [1.165, 1.54) is 29.6 Å². The normalized spacial score (nSPS) is 15.9. The molecule has 1 heterocycles. The Balaban J connectivity index is 1.73. The third-order valence-corrected chi connectivity index (χ3v) is 7.24. The van der Waals surface area contributed by atoms with E-state index >= 15 is 0 Å². The van der Waals surface area contributed by atoms with Crippen LogP contribution >= 0.6 is 11.6 Å². The summed E-state index contributed by atoms with van der Waals surface area (Å²) in [5, 5.41) is -0.0367. The number of hydrogen-bond acceptors (Lipinski definition) is 5. The van der Waals surface area contributed by atoms with Crippen molar-refractivity contribution >= 4 is 33.4 Å². The molecule has 0 unspecified atom stereocenters. The lowest BCUT2D eigenvalue weighted by molar-refractivity contribution is 0.0600. The number of hydrogen-bond donors (Lipinski definition) is 0. The Labute approximate surface area is 169 Å². The van der Waals surface area contributed by atoms with Crippen molar-refractivity contribution in [3.8, 4) is 0 Å². The number of esters is 1. The van der Waals surface area contributed by atoms with Gasteiger partial charge in [0.2, 0.25) is 10.0 Å². The van der Waals surface area contributed by atoms with Crippen molar-refractivity contribution < 1.29 is 22.7 Å². The van der Waals surface area contributed by atoms with Crippen LogP contribution in [0.15, 0.2) is 53.4 Å². The van der Waals surface area contributed by atoms with E-state index in [2.05, 4.69) is 4.74 Å². The quantitative estimate of drug-likeness (QED) is 0.546. The lowest BCUT2D eigenvalue weighted by Crippen LogP contribution is -2.40. The second kappa shape index (κ2) is 8.43. The SMILES string of the molecule is COC(=O)c1ccc(S(=O)(=O)N2CCC(C(=O)c3ccccc3)CC2)c(Cl)c1. The maximum Gasteiger partial charge on any atom is 0.337 e. The molecule has 0 aliphatic carbocycles. The van der Waals surface area contributed by atoms with Crippen LogP contribution in [0.25, 0.3) is 0 Å². The van der Waals surface area contributed by atoms with Gasteiger partial charge in [-0.2, -0.15) is 4.31 Å². The fourth-order valence-electron chi connectivity index (χ4n) is 3.29. The number of rotatable bonds is 5. The number of nitrogens with zero attached hydrogens (tertiary/aromatic N) is 1. The van der Waals surface area contributed by atoms with Gasteiger partial charge in [-0.25, -0.2) is 13.2 Å². The minimum atomic E-state index is -3.82. The zero-order chi connectivity index (χ0) is 20.3. The number of carbonyl (C=O) groups excluding carboxylic acids is 2. The number of halogens is 1. The maximum atomic E-state index is 12.9. The second-order valence-electron chi connectivity index (χ2n) is 6.55. The van der Waals surface area contributed by atoms with Crippen molar-refractivity contribution in [3.05, 3.63) is 64.7 Å². The Morgan fingerprint density at radius 1 is 1.04 bits per heavy atom. The summed E-state index contributed by atoms with van der Waals surface area (Å²) in [4.78, 5) is 24.1.